The first-order valence-corrected chi connectivity index (χ1v) is 6.44. The van der Waals surface area contributed by atoms with Crippen molar-refractivity contribution in [2.45, 2.75) is 25.8 Å². The van der Waals surface area contributed by atoms with Crippen molar-refractivity contribution in [2.24, 2.45) is 5.92 Å². The molecule has 1 unspecified atom stereocenters. The van der Waals surface area contributed by atoms with Crippen LogP contribution in [0, 0.1) is 11.7 Å². The van der Waals surface area contributed by atoms with E-state index in [1.165, 1.54) is 25.0 Å². The lowest BCUT2D eigenvalue weighted by molar-refractivity contribution is 0.202. The molecule has 2 N–H and O–H groups in total. The molecular formula is C14H21FN2O. The van der Waals surface area contributed by atoms with Crippen molar-refractivity contribution in [3.05, 3.63) is 24.0 Å². The summed E-state index contributed by atoms with van der Waals surface area (Å²) >= 11 is 0. The van der Waals surface area contributed by atoms with Crippen LogP contribution in [-0.4, -0.2) is 26.3 Å². The molecule has 0 bridgehead atoms. The average molecular weight is 252 g/mol. The molecule has 0 saturated heterocycles. The van der Waals surface area contributed by atoms with E-state index in [1.54, 1.807) is 13.2 Å². The zero-order valence-corrected chi connectivity index (χ0v) is 11.0. The standard InChI is InChI=1S/C14H21FN2O/c1-10(11-3-4-11)17(7-8-18-2)14-9-12(15)5-6-13(14)16/h5-6,9-11H,3-4,7-8,16H2,1-2H3. The lowest BCUT2D eigenvalue weighted by Gasteiger charge is -2.32. The maximum Gasteiger partial charge on any atom is 0.125 e. The number of nitrogens with two attached hydrogens (primary N) is 1. The average Bonchev–Trinajstić information content (AvgIpc) is 3.17. The summed E-state index contributed by atoms with van der Waals surface area (Å²) in [5.74, 6) is 0.453. The molecule has 100 valence electrons. The molecule has 1 aliphatic rings. The predicted molar refractivity (Wildman–Crippen MR) is 72.2 cm³/mol. The Balaban J connectivity index is 2.22. The van der Waals surface area contributed by atoms with Crippen molar-refractivity contribution < 1.29 is 9.13 Å². The fraction of sp³-hybridized carbons (Fsp3) is 0.571. The van der Waals surface area contributed by atoms with Crippen LogP contribution in [0.4, 0.5) is 15.8 Å². The van der Waals surface area contributed by atoms with Gasteiger partial charge in [0.05, 0.1) is 18.0 Å². The van der Waals surface area contributed by atoms with Crippen molar-refractivity contribution in [3.63, 3.8) is 0 Å². The first kappa shape index (κ1) is 13.1. The van der Waals surface area contributed by atoms with Crippen LogP contribution in [0.3, 0.4) is 0 Å². The van der Waals surface area contributed by atoms with Crippen LogP contribution in [0.5, 0.6) is 0 Å². The SMILES string of the molecule is COCCN(c1cc(F)ccc1N)C(C)C1CC1. The van der Waals surface area contributed by atoms with Gasteiger partial charge in [-0.2, -0.15) is 0 Å². The highest BCUT2D eigenvalue weighted by Crippen LogP contribution is 2.38. The Morgan fingerprint density at radius 1 is 1.50 bits per heavy atom. The molecule has 0 radical (unpaired) electrons. The maximum absolute atomic E-state index is 13.4. The molecule has 4 heteroatoms. The third-order valence-electron chi connectivity index (χ3n) is 3.63. The van der Waals surface area contributed by atoms with Gasteiger partial charge in [-0.1, -0.05) is 0 Å². The third kappa shape index (κ3) is 2.93. The molecule has 2 rings (SSSR count). The largest absolute Gasteiger partial charge is 0.397 e. The number of halogens is 1. The topological polar surface area (TPSA) is 38.5 Å². The molecule has 18 heavy (non-hydrogen) atoms. The number of nitrogen functional groups attached to an aromatic ring is 1. The molecule has 0 heterocycles. The van der Waals surface area contributed by atoms with Gasteiger partial charge in [0.2, 0.25) is 0 Å². The Labute approximate surface area is 108 Å². The van der Waals surface area contributed by atoms with Gasteiger partial charge in [0, 0.05) is 19.7 Å². The van der Waals surface area contributed by atoms with E-state index in [0.717, 1.165) is 12.2 Å². The number of ether oxygens (including phenoxy) is 1. The van der Waals surface area contributed by atoms with E-state index in [9.17, 15) is 4.39 Å². The van der Waals surface area contributed by atoms with E-state index < -0.39 is 0 Å². The summed E-state index contributed by atoms with van der Waals surface area (Å²) in [5.41, 5.74) is 7.38. The summed E-state index contributed by atoms with van der Waals surface area (Å²) in [7, 11) is 1.68. The quantitative estimate of drug-likeness (QED) is 0.791. The molecule has 0 amide bonds. The van der Waals surface area contributed by atoms with Gasteiger partial charge in [0.15, 0.2) is 0 Å². The summed E-state index contributed by atoms with van der Waals surface area (Å²) in [6, 6.07) is 4.92. The van der Waals surface area contributed by atoms with Crippen molar-refractivity contribution in [2.75, 3.05) is 30.9 Å². The number of methoxy groups -OCH3 is 1. The van der Waals surface area contributed by atoms with Crippen LogP contribution in [0.25, 0.3) is 0 Å². The highest BCUT2D eigenvalue weighted by atomic mass is 19.1. The number of benzene rings is 1. The number of anilines is 2. The minimum atomic E-state index is -0.246. The van der Waals surface area contributed by atoms with Gasteiger partial charge in [-0.3, -0.25) is 0 Å². The molecular weight excluding hydrogens is 231 g/mol. The zero-order chi connectivity index (χ0) is 13.1. The van der Waals surface area contributed by atoms with E-state index in [1.807, 2.05) is 0 Å². The van der Waals surface area contributed by atoms with Crippen LogP contribution < -0.4 is 10.6 Å². The van der Waals surface area contributed by atoms with Gasteiger partial charge < -0.3 is 15.4 Å². The third-order valence-corrected chi connectivity index (χ3v) is 3.63. The van der Waals surface area contributed by atoms with Crippen LogP contribution >= 0.6 is 0 Å². The predicted octanol–water partition coefficient (Wildman–Crippen LogP) is 2.66. The smallest absolute Gasteiger partial charge is 0.125 e. The van der Waals surface area contributed by atoms with E-state index >= 15 is 0 Å². The molecule has 1 aromatic rings. The van der Waals surface area contributed by atoms with E-state index in [4.69, 9.17) is 10.5 Å². The number of hydrogen-bond donors (Lipinski definition) is 1. The van der Waals surface area contributed by atoms with E-state index in [2.05, 4.69) is 11.8 Å². The highest BCUT2D eigenvalue weighted by Gasteiger charge is 2.32. The lowest BCUT2D eigenvalue weighted by atomic mass is 10.1. The summed E-state index contributed by atoms with van der Waals surface area (Å²) in [4.78, 5) is 2.17. The summed E-state index contributed by atoms with van der Waals surface area (Å²) in [6.45, 7) is 3.53. The second-order valence-corrected chi connectivity index (χ2v) is 4.97. The van der Waals surface area contributed by atoms with Gasteiger partial charge >= 0.3 is 0 Å². The van der Waals surface area contributed by atoms with Crippen molar-refractivity contribution in [1.82, 2.24) is 0 Å². The van der Waals surface area contributed by atoms with Crippen molar-refractivity contribution in [3.8, 4) is 0 Å². The molecule has 0 spiro atoms. The van der Waals surface area contributed by atoms with E-state index in [0.29, 0.717) is 24.3 Å². The van der Waals surface area contributed by atoms with E-state index in [-0.39, 0.29) is 5.82 Å². The Morgan fingerprint density at radius 3 is 2.83 bits per heavy atom. The summed E-state index contributed by atoms with van der Waals surface area (Å²) in [5, 5.41) is 0. The number of rotatable bonds is 6. The van der Waals surface area contributed by atoms with Gasteiger partial charge in [0.25, 0.3) is 0 Å². The van der Waals surface area contributed by atoms with Gasteiger partial charge in [-0.05, 0) is 43.9 Å². The fourth-order valence-electron chi connectivity index (χ4n) is 2.33. The first-order valence-electron chi connectivity index (χ1n) is 6.44. The monoisotopic (exact) mass is 252 g/mol. The Morgan fingerprint density at radius 2 is 2.22 bits per heavy atom. The lowest BCUT2D eigenvalue weighted by Crippen LogP contribution is -2.37. The molecule has 0 aliphatic heterocycles. The first-order chi connectivity index (χ1) is 8.63. The number of nitrogens with zero attached hydrogens (tertiary/aromatic N) is 1. The van der Waals surface area contributed by atoms with Crippen LogP contribution in [0.15, 0.2) is 18.2 Å². The maximum atomic E-state index is 13.4. The molecule has 1 fully saturated rings. The van der Waals surface area contributed by atoms with Crippen molar-refractivity contribution >= 4 is 11.4 Å². The molecule has 3 nitrogen and oxygen atoms in total. The Kier molecular flexibility index (Phi) is 4.07. The van der Waals surface area contributed by atoms with Gasteiger partial charge in [-0.25, -0.2) is 4.39 Å². The summed E-state index contributed by atoms with van der Waals surface area (Å²) < 4.78 is 18.5. The molecule has 1 aliphatic carbocycles. The van der Waals surface area contributed by atoms with Gasteiger partial charge in [0.1, 0.15) is 5.82 Å². The molecule has 0 aromatic heterocycles. The fourth-order valence-corrected chi connectivity index (χ4v) is 2.33. The van der Waals surface area contributed by atoms with Gasteiger partial charge in [-0.15, -0.1) is 0 Å². The summed E-state index contributed by atoms with van der Waals surface area (Å²) in [6.07, 6.45) is 2.50. The molecule has 1 atom stereocenters. The van der Waals surface area contributed by atoms with Crippen LogP contribution in [0.2, 0.25) is 0 Å². The van der Waals surface area contributed by atoms with Crippen LogP contribution in [0.1, 0.15) is 19.8 Å². The Hall–Kier alpha value is -1.29. The number of hydrogen-bond acceptors (Lipinski definition) is 3. The Bertz CT molecular complexity index is 407. The zero-order valence-electron chi connectivity index (χ0n) is 11.0. The van der Waals surface area contributed by atoms with Crippen molar-refractivity contribution in [1.29, 1.82) is 0 Å². The molecule has 1 saturated carbocycles. The second kappa shape index (κ2) is 5.57. The minimum Gasteiger partial charge on any atom is -0.397 e. The minimum absolute atomic E-state index is 0.246. The highest BCUT2D eigenvalue weighted by molar-refractivity contribution is 5.68. The second-order valence-electron chi connectivity index (χ2n) is 4.97. The molecule has 1 aromatic carbocycles. The normalized spacial score (nSPS) is 16.6. The van der Waals surface area contributed by atoms with Crippen LogP contribution in [-0.2, 0) is 4.74 Å².